The van der Waals surface area contributed by atoms with E-state index in [1.807, 2.05) is 0 Å². The van der Waals surface area contributed by atoms with Gasteiger partial charge in [-0.25, -0.2) is 18.4 Å². The fourth-order valence-electron chi connectivity index (χ4n) is 2.18. The Morgan fingerprint density at radius 2 is 2.14 bits per heavy atom. The van der Waals surface area contributed by atoms with Crippen molar-refractivity contribution in [3.63, 3.8) is 0 Å². The highest BCUT2D eigenvalue weighted by Crippen LogP contribution is 2.34. The Kier molecular flexibility index (Phi) is 4.35. The Morgan fingerprint density at radius 3 is 2.67 bits per heavy atom. The first-order valence-corrected chi connectivity index (χ1v) is 8.34. The number of nitrogens with zero attached hydrogens (tertiary/aromatic N) is 1. The summed E-state index contributed by atoms with van der Waals surface area (Å²) in [6.45, 7) is -0.0930. The molecular formula is C12H13BrN2O5S. The third-order valence-electron chi connectivity index (χ3n) is 3.22. The number of amides is 1. The van der Waals surface area contributed by atoms with Crippen LogP contribution in [0.1, 0.15) is 16.8 Å². The molecule has 21 heavy (non-hydrogen) atoms. The van der Waals surface area contributed by atoms with Crippen LogP contribution in [0.25, 0.3) is 0 Å². The summed E-state index contributed by atoms with van der Waals surface area (Å²) < 4.78 is 28.0. The summed E-state index contributed by atoms with van der Waals surface area (Å²) in [5.74, 6) is -1.02. The van der Waals surface area contributed by atoms with Crippen LogP contribution in [-0.2, 0) is 19.6 Å². The van der Waals surface area contributed by atoms with E-state index in [0.717, 1.165) is 0 Å². The molecule has 1 aromatic rings. The zero-order chi connectivity index (χ0) is 15.8. The molecule has 1 aliphatic rings. The normalized spacial score (nSPS) is 18.9. The summed E-state index contributed by atoms with van der Waals surface area (Å²) >= 11 is 3.27. The van der Waals surface area contributed by atoms with Crippen molar-refractivity contribution in [2.75, 3.05) is 18.6 Å². The van der Waals surface area contributed by atoms with Crippen molar-refractivity contribution in [2.45, 2.75) is 11.7 Å². The van der Waals surface area contributed by atoms with E-state index in [0.29, 0.717) is 10.2 Å². The average Bonchev–Trinajstić information content (AvgIpc) is 2.79. The number of carbonyl (C=O) groups excluding carboxylic acids is 2. The number of methoxy groups -OCH3 is 1. The Balaban J connectivity index is 2.48. The van der Waals surface area contributed by atoms with Crippen LogP contribution in [0, 0.1) is 0 Å². The Labute approximate surface area is 130 Å². The summed E-state index contributed by atoms with van der Waals surface area (Å²) in [6, 6.07) is 4.78. The van der Waals surface area contributed by atoms with E-state index in [1.54, 1.807) is 12.1 Å². The maximum Gasteiger partial charge on any atom is 0.340 e. The zero-order valence-electron chi connectivity index (χ0n) is 11.1. The highest BCUT2D eigenvalue weighted by atomic mass is 79.9. The molecule has 0 spiro atoms. The fraction of sp³-hybridized carbons (Fsp3) is 0.333. The molecule has 2 rings (SSSR count). The number of halogens is 1. The second-order valence-corrected chi connectivity index (χ2v) is 7.25. The smallest absolute Gasteiger partial charge is 0.340 e. The number of ether oxygens (including phenoxy) is 1. The van der Waals surface area contributed by atoms with Gasteiger partial charge in [-0.2, -0.15) is 0 Å². The predicted octanol–water partition coefficient (Wildman–Crippen LogP) is 0.630. The van der Waals surface area contributed by atoms with E-state index in [4.69, 9.17) is 5.14 Å². The summed E-state index contributed by atoms with van der Waals surface area (Å²) in [6.07, 6.45) is -0.208. The number of rotatable bonds is 3. The predicted molar refractivity (Wildman–Crippen MR) is 79.3 cm³/mol. The van der Waals surface area contributed by atoms with Crippen LogP contribution < -0.4 is 10.0 Å². The number of nitrogens with two attached hydrogens (primary N) is 1. The third-order valence-corrected chi connectivity index (χ3v) is 5.10. The first-order chi connectivity index (χ1) is 9.75. The Bertz CT molecular complexity index is 704. The summed E-state index contributed by atoms with van der Waals surface area (Å²) in [5, 5.41) is 4.11. The monoisotopic (exact) mass is 376 g/mol. The van der Waals surface area contributed by atoms with Gasteiger partial charge in [-0.3, -0.25) is 4.79 Å². The number of carbonyl (C=O) groups is 2. The summed E-state index contributed by atoms with van der Waals surface area (Å²) in [5.41, 5.74) is 0.468. The molecule has 2 N–H and O–H groups in total. The van der Waals surface area contributed by atoms with Crippen molar-refractivity contribution < 1.29 is 22.7 Å². The van der Waals surface area contributed by atoms with Gasteiger partial charge >= 0.3 is 5.97 Å². The Morgan fingerprint density at radius 1 is 1.48 bits per heavy atom. The standard InChI is InChI=1S/C12H13BrN2O5S/c1-20-12(17)8-3-2-4-9(13)11(8)15-6-7(5-10(15)16)21(14,18)19/h2-4,7H,5-6H2,1H3,(H2,14,18,19). The topological polar surface area (TPSA) is 107 Å². The summed E-state index contributed by atoms with van der Waals surface area (Å²) in [4.78, 5) is 25.1. The molecule has 1 atom stereocenters. The van der Waals surface area contributed by atoms with Gasteiger partial charge in [-0.15, -0.1) is 0 Å². The molecule has 1 aromatic carbocycles. The van der Waals surface area contributed by atoms with Gasteiger partial charge in [0.1, 0.15) is 5.25 Å². The molecule has 0 aromatic heterocycles. The molecule has 1 amide bonds. The first kappa shape index (κ1) is 15.9. The molecular weight excluding hydrogens is 364 g/mol. The molecule has 1 fully saturated rings. The molecule has 0 saturated carbocycles. The molecule has 0 aliphatic carbocycles. The van der Waals surface area contributed by atoms with Crippen LogP contribution in [0.4, 0.5) is 5.69 Å². The molecule has 1 aliphatic heterocycles. The van der Waals surface area contributed by atoms with E-state index in [1.165, 1.54) is 18.1 Å². The number of sulfonamides is 1. The molecule has 0 radical (unpaired) electrons. The lowest BCUT2D eigenvalue weighted by Gasteiger charge is -2.20. The third kappa shape index (κ3) is 3.09. The van der Waals surface area contributed by atoms with Crippen LogP contribution in [-0.4, -0.2) is 39.2 Å². The molecule has 7 nitrogen and oxygen atoms in total. The van der Waals surface area contributed by atoms with Crippen molar-refractivity contribution in [3.8, 4) is 0 Å². The lowest BCUT2D eigenvalue weighted by atomic mass is 10.1. The van der Waals surface area contributed by atoms with Crippen molar-refractivity contribution in [3.05, 3.63) is 28.2 Å². The zero-order valence-corrected chi connectivity index (χ0v) is 13.5. The van der Waals surface area contributed by atoms with Gasteiger partial charge in [0.2, 0.25) is 15.9 Å². The van der Waals surface area contributed by atoms with E-state index in [9.17, 15) is 18.0 Å². The second-order valence-electron chi connectivity index (χ2n) is 4.55. The van der Waals surface area contributed by atoms with E-state index in [-0.39, 0.29) is 18.5 Å². The van der Waals surface area contributed by atoms with E-state index >= 15 is 0 Å². The number of primary sulfonamides is 1. The average molecular weight is 377 g/mol. The summed E-state index contributed by atoms with van der Waals surface area (Å²) in [7, 11) is -2.59. The van der Waals surface area contributed by atoms with Crippen molar-refractivity contribution in [2.24, 2.45) is 5.14 Å². The second kappa shape index (κ2) is 5.74. The van der Waals surface area contributed by atoms with Gasteiger partial charge in [-0.1, -0.05) is 6.07 Å². The molecule has 1 heterocycles. The molecule has 1 saturated heterocycles. The van der Waals surface area contributed by atoms with Crippen LogP contribution in [0.3, 0.4) is 0 Å². The van der Waals surface area contributed by atoms with Crippen LogP contribution >= 0.6 is 15.9 Å². The van der Waals surface area contributed by atoms with Gasteiger partial charge in [0.15, 0.2) is 0 Å². The van der Waals surface area contributed by atoms with Gasteiger partial charge < -0.3 is 9.64 Å². The minimum atomic E-state index is -3.82. The van der Waals surface area contributed by atoms with Crippen LogP contribution in [0.5, 0.6) is 0 Å². The molecule has 9 heteroatoms. The number of hydrogen-bond acceptors (Lipinski definition) is 5. The first-order valence-electron chi connectivity index (χ1n) is 5.94. The molecule has 114 valence electrons. The minimum absolute atomic E-state index is 0.0930. The lowest BCUT2D eigenvalue weighted by Crippen LogP contribution is -2.33. The lowest BCUT2D eigenvalue weighted by molar-refractivity contribution is -0.117. The SMILES string of the molecule is COC(=O)c1cccc(Br)c1N1CC(S(N)(=O)=O)CC1=O. The van der Waals surface area contributed by atoms with Crippen LogP contribution in [0.2, 0.25) is 0 Å². The largest absolute Gasteiger partial charge is 0.465 e. The highest BCUT2D eigenvalue weighted by Gasteiger charge is 2.39. The Hall–Kier alpha value is -1.45. The van der Waals surface area contributed by atoms with Crippen molar-refractivity contribution in [1.29, 1.82) is 0 Å². The maximum atomic E-state index is 12.1. The minimum Gasteiger partial charge on any atom is -0.465 e. The van der Waals surface area contributed by atoms with Gasteiger partial charge in [0.05, 0.1) is 18.4 Å². The van der Waals surface area contributed by atoms with E-state index in [2.05, 4.69) is 20.7 Å². The quantitative estimate of drug-likeness (QED) is 0.778. The number of hydrogen-bond donors (Lipinski definition) is 1. The number of anilines is 1. The number of esters is 1. The molecule has 1 unspecified atom stereocenters. The van der Waals surface area contributed by atoms with Gasteiger partial charge in [-0.05, 0) is 28.1 Å². The van der Waals surface area contributed by atoms with Gasteiger partial charge in [0.25, 0.3) is 0 Å². The van der Waals surface area contributed by atoms with Gasteiger partial charge in [0, 0.05) is 17.4 Å². The maximum absolute atomic E-state index is 12.1. The van der Waals surface area contributed by atoms with Crippen molar-refractivity contribution >= 4 is 43.5 Å². The molecule has 0 bridgehead atoms. The van der Waals surface area contributed by atoms with Crippen LogP contribution in [0.15, 0.2) is 22.7 Å². The fourth-order valence-corrected chi connectivity index (χ4v) is 3.49. The highest BCUT2D eigenvalue weighted by molar-refractivity contribution is 9.10. The number of para-hydroxylation sites is 1. The van der Waals surface area contributed by atoms with Crippen molar-refractivity contribution in [1.82, 2.24) is 0 Å². The number of benzene rings is 1. The van der Waals surface area contributed by atoms with E-state index < -0.39 is 27.1 Å².